The Morgan fingerprint density at radius 3 is 2.79 bits per heavy atom. The summed E-state index contributed by atoms with van der Waals surface area (Å²) < 4.78 is 21.1. The van der Waals surface area contributed by atoms with Crippen LogP contribution in [0.15, 0.2) is 40.5 Å². The summed E-state index contributed by atoms with van der Waals surface area (Å²) in [6, 6.07) is 9.13. The summed E-state index contributed by atoms with van der Waals surface area (Å²) >= 11 is 1.40. The van der Waals surface area contributed by atoms with Crippen LogP contribution in [0.4, 0.5) is 4.39 Å². The standard InChI is InChI=1S/C22H21FN2O2S/c1-12-10-17(27-3)18(14-5-4-13(6-8-24-2)16(23)11-14)19-15-7-9-28-21(15)22(26)25-20(12)19/h4-5,7,9-11,24H,6,8H2,1-3H3,(H,25,26). The lowest BCUT2D eigenvalue weighted by atomic mass is 9.94. The quantitative estimate of drug-likeness (QED) is 0.517. The molecule has 2 aromatic carbocycles. The van der Waals surface area contributed by atoms with Crippen LogP contribution >= 0.6 is 11.3 Å². The third kappa shape index (κ3) is 2.99. The number of aromatic nitrogens is 1. The zero-order valence-corrected chi connectivity index (χ0v) is 16.8. The summed E-state index contributed by atoms with van der Waals surface area (Å²) in [6.07, 6.45) is 0.622. The molecule has 0 aliphatic rings. The summed E-state index contributed by atoms with van der Waals surface area (Å²) in [6.45, 7) is 2.65. The number of hydrogen-bond acceptors (Lipinski definition) is 4. The Morgan fingerprint density at radius 1 is 1.25 bits per heavy atom. The van der Waals surface area contributed by atoms with Gasteiger partial charge < -0.3 is 15.0 Å². The molecule has 0 spiro atoms. The Bertz CT molecular complexity index is 1240. The van der Waals surface area contributed by atoms with E-state index in [-0.39, 0.29) is 11.4 Å². The van der Waals surface area contributed by atoms with Gasteiger partial charge in [0.15, 0.2) is 0 Å². The van der Waals surface area contributed by atoms with Crippen molar-refractivity contribution in [2.75, 3.05) is 20.7 Å². The number of nitrogens with one attached hydrogen (secondary N) is 2. The molecule has 6 heteroatoms. The highest BCUT2D eigenvalue weighted by Crippen LogP contribution is 2.42. The first kappa shape index (κ1) is 18.7. The third-order valence-corrected chi connectivity index (χ3v) is 5.99. The number of hydrogen-bond donors (Lipinski definition) is 2. The van der Waals surface area contributed by atoms with Crippen LogP contribution in [0.1, 0.15) is 11.1 Å². The van der Waals surface area contributed by atoms with E-state index >= 15 is 0 Å². The molecule has 0 amide bonds. The maximum atomic E-state index is 14.8. The first-order chi connectivity index (χ1) is 13.5. The number of fused-ring (bicyclic) bond motifs is 3. The van der Waals surface area contributed by atoms with E-state index in [1.807, 2.05) is 43.6 Å². The number of halogens is 1. The monoisotopic (exact) mass is 396 g/mol. The lowest BCUT2D eigenvalue weighted by molar-refractivity contribution is 0.416. The molecule has 0 saturated carbocycles. The molecule has 0 aliphatic carbocycles. The van der Waals surface area contributed by atoms with Crippen LogP contribution < -0.4 is 15.6 Å². The first-order valence-corrected chi connectivity index (χ1v) is 9.97. The van der Waals surface area contributed by atoms with Gasteiger partial charge in [-0.1, -0.05) is 12.1 Å². The van der Waals surface area contributed by atoms with Crippen LogP contribution in [0.25, 0.3) is 32.1 Å². The maximum absolute atomic E-state index is 14.8. The number of H-pyrrole nitrogens is 1. The van der Waals surface area contributed by atoms with Crippen molar-refractivity contribution in [2.24, 2.45) is 0 Å². The Morgan fingerprint density at radius 2 is 2.07 bits per heavy atom. The maximum Gasteiger partial charge on any atom is 0.266 e. The Kier molecular flexibility index (Phi) is 4.91. The molecule has 0 aliphatic heterocycles. The lowest BCUT2D eigenvalue weighted by Gasteiger charge is -2.16. The second-order valence-corrected chi connectivity index (χ2v) is 7.71. The van der Waals surface area contributed by atoms with Gasteiger partial charge in [-0.2, -0.15) is 0 Å². The molecule has 0 fully saturated rings. The fourth-order valence-electron chi connectivity index (χ4n) is 3.68. The van der Waals surface area contributed by atoms with Crippen LogP contribution in [0.2, 0.25) is 0 Å². The van der Waals surface area contributed by atoms with E-state index < -0.39 is 0 Å². The highest BCUT2D eigenvalue weighted by atomic mass is 32.1. The van der Waals surface area contributed by atoms with Crippen LogP contribution in [0.3, 0.4) is 0 Å². The van der Waals surface area contributed by atoms with Crippen molar-refractivity contribution in [3.05, 3.63) is 63.0 Å². The molecule has 2 heterocycles. The normalized spacial score (nSPS) is 11.4. The van der Waals surface area contributed by atoms with Gasteiger partial charge in [0.1, 0.15) is 16.3 Å². The van der Waals surface area contributed by atoms with Crippen LogP contribution in [0, 0.1) is 12.7 Å². The van der Waals surface area contributed by atoms with E-state index in [1.54, 1.807) is 13.2 Å². The summed E-state index contributed by atoms with van der Waals surface area (Å²) in [7, 11) is 3.46. The predicted molar refractivity (Wildman–Crippen MR) is 114 cm³/mol. The van der Waals surface area contributed by atoms with Crippen molar-refractivity contribution in [1.82, 2.24) is 10.3 Å². The minimum absolute atomic E-state index is 0.106. The van der Waals surface area contributed by atoms with Crippen LogP contribution in [-0.2, 0) is 6.42 Å². The average molecular weight is 396 g/mol. The highest BCUT2D eigenvalue weighted by molar-refractivity contribution is 7.17. The van der Waals surface area contributed by atoms with Crippen molar-refractivity contribution in [1.29, 1.82) is 0 Å². The molecule has 0 unspecified atom stereocenters. The van der Waals surface area contributed by atoms with E-state index in [9.17, 15) is 9.18 Å². The third-order valence-electron chi connectivity index (χ3n) is 5.07. The number of likely N-dealkylation sites (N-methyl/N-ethyl adjacent to an activating group) is 1. The topological polar surface area (TPSA) is 54.1 Å². The predicted octanol–water partition coefficient (Wildman–Crippen LogP) is 4.63. The van der Waals surface area contributed by atoms with Gasteiger partial charge >= 0.3 is 0 Å². The molecule has 0 atom stereocenters. The fraction of sp³-hybridized carbons (Fsp3) is 0.227. The zero-order chi connectivity index (χ0) is 19.8. The largest absolute Gasteiger partial charge is 0.496 e. The molecule has 2 N–H and O–H groups in total. The van der Waals surface area contributed by atoms with E-state index in [2.05, 4.69) is 10.3 Å². The molecule has 28 heavy (non-hydrogen) atoms. The van der Waals surface area contributed by atoms with E-state index in [4.69, 9.17) is 4.74 Å². The Hall–Kier alpha value is -2.70. The second-order valence-electron chi connectivity index (χ2n) is 6.80. The van der Waals surface area contributed by atoms with Crippen LogP contribution in [-0.4, -0.2) is 25.7 Å². The van der Waals surface area contributed by atoms with Gasteiger partial charge in [0.2, 0.25) is 0 Å². The van der Waals surface area contributed by atoms with E-state index in [1.165, 1.54) is 11.3 Å². The van der Waals surface area contributed by atoms with Crippen molar-refractivity contribution in [2.45, 2.75) is 13.3 Å². The smallest absolute Gasteiger partial charge is 0.266 e. The van der Waals surface area contributed by atoms with Gasteiger partial charge in [0, 0.05) is 16.3 Å². The van der Waals surface area contributed by atoms with Gasteiger partial charge in [0.25, 0.3) is 5.56 Å². The molecule has 144 valence electrons. The van der Waals surface area contributed by atoms with Crippen molar-refractivity contribution in [3.63, 3.8) is 0 Å². The minimum atomic E-state index is -0.241. The summed E-state index contributed by atoms with van der Waals surface area (Å²) in [4.78, 5) is 15.5. The molecule has 0 bridgehead atoms. The Balaban J connectivity index is 2.06. The molecular weight excluding hydrogens is 375 g/mol. The van der Waals surface area contributed by atoms with Gasteiger partial charge in [-0.05, 0) is 67.2 Å². The lowest BCUT2D eigenvalue weighted by Crippen LogP contribution is -2.11. The van der Waals surface area contributed by atoms with Gasteiger partial charge in [-0.3, -0.25) is 4.79 Å². The molecule has 0 saturated heterocycles. The number of aryl methyl sites for hydroxylation is 1. The van der Waals surface area contributed by atoms with Gasteiger partial charge in [0.05, 0.1) is 12.6 Å². The zero-order valence-electron chi connectivity index (χ0n) is 16.0. The fourth-order valence-corrected chi connectivity index (χ4v) is 4.48. The molecule has 2 aromatic heterocycles. The number of rotatable bonds is 5. The first-order valence-electron chi connectivity index (χ1n) is 9.09. The summed E-state index contributed by atoms with van der Waals surface area (Å²) in [5.74, 6) is 0.418. The highest BCUT2D eigenvalue weighted by Gasteiger charge is 2.19. The minimum Gasteiger partial charge on any atom is -0.496 e. The SMILES string of the molecule is CNCCc1ccc(-c2c(OC)cc(C)c3[nH]c(=O)c4sccc4c23)cc1F. The number of pyridine rings is 1. The Labute approximate surface area is 166 Å². The number of ether oxygens (including phenoxy) is 1. The second kappa shape index (κ2) is 7.37. The molecule has 4 aromatic rings. The van der Waals surface area contributed by atoms with Gasteiger partial charge in [-0.15, -0.1) is 11.3 Å². The van der Waals surface area contributed by atoms with Crippen molar-refractivity contribution < 1.29 is 9.13 Å². The number of aromatic amines is 1. The number of thiophene rings is 1. The van der Waals surface area contributed by atoms with Gasteiger partial charge in [-0.25, -0.2) is 4.39 Å². The van der Waals surface area contributed by atoms with E-state index in [0.29, 0.717) is 29.0 Å². The summed E-state index contributed by atoms with van der Waals surface area (Å²) in [5.41, 5.74) is 3.75. The summed E-state index contributed by atoms with van der Waals surface area (Å²) in [5, 5.41) is 6.69. The van der Waals surface area contributed by atoms with Crippen molar-refractivity contribution >= 4 is 32.3 Å². The van der Waals surface area contributed by atoms with Crippen molar-refractivity contribution in [3.8, 4) is 16.9 Å². The molecule has 0 radical (unpaired) electrons. The van der Waals surface area contributed by atoms with Crippen LogP contribution in [0.5, 0.6) is 5.75 Å². The number of benzene rings is 2. The molecular formula is C22H21FN2O2S. The molecule has 4 nitrogen and oxygen atoms in total. The molecule has 4 rings (SSSR count). The van der Waals surface area contributed by atoms with E-state index in [0.717, 1.165) is 33.0 Å². The average Bonchev–Trinajstić information content (AvgIpc) is 3.18. The number of methoxy groups -OCH3 is 1.